The molecule has 19 nitrogen and oxygen atoms in total. The number of guanidine groups is 1. The van der Waals surface area contributed by atoms with Gasteiger partial charge in [-0.1, -0.05) is 11.2 Å². The van der Waals surface area contributed by atoms with Crippen LogP contribution in [0.5, 0.6) is 5.75 Å². The van der Waals surface area contributed by atoms with Crippen LogP contribution >= 0.6 is 11.3 Å². The van der Waals surface area contributed by atoms with Crippen LogP contribution in [0, 0.1) is 5.92 Å². The summed E-state index contributed by atoms with van der Waals surface area (Å²) in [6, 6.07) is 6.02. The Labute approximate surface area is 316 Å². The number of benzene rings is 1. The molecule has 3 saturated heterocycles. The second kappa shape index (κ2) is 16.5. The summed E-state index contributed by atoms with van der Waals surface area (Å²) in [5, 5.41) is 26.4. The number of carbonyl (C=O) groups excluding carboxylic acids is 2. The molecule has 7 N–H and O–H groups in total. The molecule has 294 valence electrons. The first-order chi connectivity index (χ1) is 25.7. The van der Waals surface area contributed by atoms with E-state index in [1.54, 1.807) is 6.07 Å². The molecule has 1 aromatic heterocycles. The van der Waals surface area contributed by atoms with Gasteiger partial charge >= 0.3 is 16.4 Å². The van der Waals surface area contributed by atoms with E-state index in [4.69, 9.17) is 24.9 Å². The summed E-state index contributed by atoms with van der Waals surface area (Å²) in [5.74, 6) is -2.84. The number of carboxylic acids is 1. The number of nitrogens with two attached hydrogens (primary N) is 1. The number of rotatable bonds is 14. The average molecular weight is 792 g/mol. The van der Waals surface area contributed by atoms with E-state index < -0.39 is 64.4 Å². The number of ether oxygens (including phenoxy) is 1. The molecule has 0 aliphatic carbocycles. The third kappa shape index (κ3) is 9.44. The van der Waals surface area contributed by atoms with E-state index in [0.29, 0.717) is 23.9 Å². The van der Waals surface area contributed by atoms with E-state index >= 15 is 0 Å². The molecule has 4 aliphatic heterocycles. The maximum absolute atomic E-state index is 13.5. The zero-order valence-electron chi connectivity index (χ0n) is 29.9. The normalized spacial score (nSPS) is 23.7. The van der Waals surface area contributed by atoms with Gasteiger partial charge in [0.15, 0.2) is 22.6 Å². The van der Waals surface area contributed by atoms with E-state index in [1.807, 2.05) is 12.1 Å². The smallest absolute Gasteiger partial charge is 0.418 e. The fourth-order valence-corrected chi connectivity index (χ4v) is 7.82. The molecule has 0 bridgehead atoms. The Hall–Kier alpha value is -4.41. The Kier molecular flexibility index (Phi) is 12.0. The van der Waals surface area contributed by atoms with Crippen molar-refractivity contribution in [3.63, 3.8) is 0 Å². The molecule has 0 radical (unpaired) electrons. The van der Waals surface area contributed by atoms with Crippen molar-refractivity contribution < 1.29 is 46.3 Å². The molecule has 4 aliphatic rings. The van der Waals surface area contributed by atoms with Gasteiger partial charge in [-0.2, -0.15) is 13.5 Å². The highest BCUT2D eigenvalue weighted by atomic mass is 32.3. The van der Waals surface area contributed by atoms with E-state index in [-0.39, 0.29) is 22.9 Å². The summed E-state index contributed by atoms with van der Waals surface area (Å²) in [7, 11) is -4.99. The van der Waals surface area contributed by atoms with Crippen molar-refractivity contribution in [3.8, 4) is 5.75 Å². The van der Waals surface area contributed by atoms with Crippen LogP contribution in [0.15, 0.2) is 33.7 Å². The number of anilines is 1. The highest BCUT2D eigenvalue weighted by Gasteiger charge is 2.57. The fraction of sp³-hybridized carbons (Fsp3) is 0.576. The molecule has 4 atom stereocenters. The van der Waals surface area contributed by atoms with Crippen LogP contribution in [0.4, 0.5) is 5.13 Å². The number of carboxylic acid groups (broad SMARTS) is 1. The van der Waals surface area contributed by atoms with Crippen LogP contribution in [0.2, 0.25) is 0 Å². The molecule has 0 spiro atoms. The number of aliphatic imine (C=N–C) groups is 1. The summed E-state index contributed by atoms with van der Waals surface area (Å²) in [6.45, 7) is 7.38. The second-order valence-corrected chi connectivity index (χ2v) is 16.0. The summed E-state index contributed by atoms with van der Waals surface area (Å²) >= 11 is 0.999. The number of hydrogen-bond acceptors (Lipinski definition) is 15. The number of hydrogen-bond donors (Lipinski definition) is 6. The SMILES string of the molecule is CC1(C)[C@H](CC(=O)/C(=N\O[C@@H](COc2ccc3c(c2)CN(C(=N[C@@H]2CCCNC2)N[C@@H]2CCCNC2)C3)C(=O)O)c2csc(N)n2)C(=O)N1OS(=O)(=O)O. The van der Waals surface area contributed by atoms with Crippen LogP contribution in [0.25, 0.3) is 0 Å². The Balaban J connectivity index is 1.11. The number of nitrogens with zero attached hydrogens (tertiary/aromatic N) is 5. The molecule has 0 unspecified atom stereocenters. The summed E-state index contributed by atoms with van der Waals surface area (Å²) in [4.78, 5) is 55.2. The first-order valence-corrected chi connectivity index (χ1v) is 19.9. The van der Waals surface area contributed by atoms with Gasteiger partial charge in [0.1, 0.15) is 18.1 Å². The lowest BCUT2D eigenvalue weighted by molar-refractivity contribution is -0.228. The van der Waals surface area contributed by atoms with E-state index in [0.717, 1.165) is 80.3 Å². The van der Waals surface area contributed by atoms with Gasteiger partial charge in [0.05, 0.1) is 17.5 Å². The standard InChI is InChI=1S/C33H45N9O10S2/c1-33(2)24(29(44)42(33)52-54(47,48)49)12-26(43)28(25-18-53-31(34)39-25)40-51-27(30(45)46)17-50-23-8-7-19-15-41(16-20(19)11-23)32(37-21-5-3-9-35-13-21)38-22-6-4-10-36-14-22/h7-8,11,18,21-22,24,27,35-36H,3-6,9-10,12-17H2,1-2H3,(H2,34,39)(H,37,38)(H,45,46)(H,47,48,49)/b40-28-/t21-,22-,24-,27+/m1/s1. The highest BCUT2D eigenvalue weighted by Crippen LogP contribution is 2.40. The van der Waals surface area contributed by atoms with Crippen LogP contribution in [-0.4, -0.2) is 119 Å². The number of aliphatic carboxylic acids is 1. The van der Waals surface area contributed by atoms with E-state index in [1.165, 1.54) is 19.2 Å². The minimum Gasteiger partial charge on any atom is -0.489 e. The lowest BCUT2D eigenvalue weighted by Gasteiger charge is -2.50. The number of carbonyl (C=O) groups is 3. The van der Waals surface area contributed by atoms with E-state index in [2.05, 4.69) is 35.3 Å². The first-order valence-electron chi connectivity index (χ1n) is 17.7. The van der Waals surface area contributed by atoms with Gasteiger partial charge in [0.25, 0.3) is 12.0 Å². The quantitative estimate of drug-likeness (QED) is 0.0505. The number of nitrogen functional groups attached to an aromatic ring is 1. The highest BCUT2D eigenvalue weighted by molar-refractivity contribution is 7.80. The fourth-order valence-electron chi connectivity index (χ4n) is 6.82. The molecular formula is C33H45N9O10S2. The van der Waals surface area contributed by atoms with E-state index in [9.17, 15) is 27.9 Å². The monoisotopic (exact) mass is 791 g/mol. The van der Waals surface area contributed by atoms with Crippen LogP contribution in [-0.2, 0) is 47.0 Å². The third-order valence-electron chi connectivity index (χ3n) is 9.81. The number of oxime groups is 1. The van der Waals surface area contributed by atoms with Crippen molar-refractivity contribution >= 4 is 56.2 Å². The Morgan fingerprint density at radius 1 is 1.17 bits per heavy atom. The largest absolute Gasteiger partial charge is 0.489 e. The van der Waals surface area contributed by atoms with Gasteiger partial charge in [-0.05, 0) is 75.9 Å². The number of aromatic nitrogens is 1. The number of hydroxylamine groups is 2. The van der Waals surface area contributed by atoms with Gasteiger partial charge in [0, 0.05) is 44.0 Å². The topological polar surface area (TPSA) is 260 Å². The van der Waals surface area contributed by atoms with Crippen LogP contribution < -0.4 is 26.4 Å². The maximum atomic E-state index is 13.5. The zero-order valence-corrected chi connectivity index (χ0v) is 31.5. The van der Waals surface area contributed by atoms with Gasteiger partial charge in [-0.25, -0.2) is 14.8 Å². The molecule has 54 heavy (non-hydrogen) atoms. The number of nitrogens with one attached hydrogen (secondary N) is 3. The Morgan fingerprint density at radius 3 is 2.54 bits per heavy atom. The summed E-state index contributed by atoms with van der Waals surface area (Å²) in [6.07, 6.45) is 2.11. The number of ketones is 1. The molecule has 0 saturated carbocycles. The lowest BCUT2D eigenvalue weighted by atomic mass is 9.74. The number of piperidine rings is 2. The predicted octanol–water partition coefficient (Wildman–Crippen LogP) is 0.674. The molecule has 3 fully saturated rings. The first kappa shape index (κ1) is 39.3. The van der Waals surface area contributed by atoms with Crippen LogP contribution in [0.3, 0.4) is 0 Å². The molecule has 2 aromatic rings. The summed E-state index contributed by atoms with van der Waals surface area (Å²) < 4.78 is 41.6. The third-order valence-corrected chi connectivity index (χ3v) is 10.8. The van der Waals surface area contributed by atoms with Gasteiger partial charge in [-0.15, -0.1) is 15.6 Å². The lowest BCUT2D eigenvalue weighted by Crippen LogP contribution is -2.68. The number of amides is 1. The van der Waals surface area contributed by atoms with Crippen molar-refractivity contribution in [3.05, 3.63) is 40.4 Å². The second-order valence-electron chi connectivity index (χ2n) is 14.1. The molecule has 1 amide bonds. The van der Waals surface area contributed by atoms with Gasteiger partial charge < -0.3 is 41.3 Å². The molecular weight excluding hydrogens is 747 g/mol. The van der Waals surface area contributed by atoms with Crippen molar-refractivity contribution in [2.24, 2.45) is 16.1 Å². The summed E-state index contributed by atoms with van der Waals surface area (Å²) in [5.41, 5.74) is 6.16. The van der Waals surface area contributed by atoms with Gasteiger partial charge in [-0.3, -0.25) is 14.1 Å². The average Bonchev–Trinajstić information content (AvgIpc) is 3.76. The predicted molar refractivity (Wildman–Crippen MR) is 196 cm³/mol. The van der Waals surface area contributed by atoms with Crippen molar-refractivity contribution in [2.45, 2.75) is 82.8 Å². The maximum Gasteiger partial charge on any atom is 0.418 e. The van der Waals surface area contributed by atoms with Gasteiger partial charge in [0.2, 0.25) is 0 Å². The number of β-lactam (4-membered cyclic amide) rings is 1. The minimum atomic E-state index is -4.99. The van der Waals surface area contributed by atoms with Crippen molar-refractivity contribution in [1.82, 2.24) is 30.9 Å². The molecule has 1 aromatic carbocycles. The molecule has 5 heterocycles. The number of thiazole rings is 1. The zero-order chi connectivity index (χ0) is 38.6. The van der Waals surface area contributed by atoms with Crippen LogP contribution in [0.1, 0.15) is 62.8 Å². The number of fused-ring (bicyclic) bond motifs is 1. The van der Waals surface area contributed by atoms with Crippen molar-refractivity contribution in [1.29, 1.82) is 0 Å². The Morgan fingerprint density at radius 2 is 1.91 bits per heavy atom. The Bertz CT molecular complexity index is 1890. The number of Topliss-reactive ketones (excluding diaryl/α,β-unsaturated/α-hetero) is 1. The minimum absolute atomic E-state index is 0.0109. The van der Waals surface area contributed by atoms with Crippen molar-refractivity contribution in [2.75, 3.05) is 38.5 Å². The molecule has 21 heteroatoms. The molecule has 6 rings (SSSR count).